The molecule has 6 heteroatoms. The summed E-state index contributed by atoms with van der Waals surface area (Å²) in [6.07, 6.45) is 0.919. The van der Waals surface area contributed by atoms with Crippen LogP contribution in [-0.2, 0) is 4.79 Å². The number of H-pyrrole nitrogens is 1. The molecule has 1 aliphatic rings. The fourth-order valence-corrected chi connectivity index (χ4v) is 2.71. The van der Waals surface area contributed by atoms with Gasteiger partial charge in [-0.1, -0.05) is 0 Å². The van der Waals surface area contributed by atoms with Crippen LogP contribution in [-0.4, -0.2) is 44.1 Å². The van der Waals surface area contributed by atoms with Crippen molar-refractivity contribution in [1.29, 1.82) is 0 Å². The van der Waals surface area contributed by atoms with Crippen molar-refractivity contribution in [2.24, 2.45) is 0 Å². The normalized spacial score (nSPS) is 18.2. The number of nitrogens with zero attached hydrogens (tertiary/aromatic N) is 4. The van der Waals surface area contributed by atoms with E-state index in [1.807, 2.05) is 30.9 Å². The zero-order valence-electron chi connectivity index (χ0n) is 12.6. The zero-order valence-corrected chi connectivity index (χ0v) is 12.6. The largest absolute Gasteiger partial charge is 0.342 e. The maximum absolute atomic E-state index is 11.5. The average Bonchev–Trinajstić information content (AvgIpc) is 3.06. The molecule has 0 aliphatic carbocycles. The number of aromatic amines is 1. The Labute approximate surface area is 123 Å². The molecule has 1 N–H and O–H groups in total. The maximum Gasteiger partial charge on any atom is 0.219 e. The summed E-state index contributed by atoms with van der Waals surface area (Å²) in [5.41, 5.74) is 3.60. The van der Waals surface area contributed by atoms with Gasteiger partial charge in [0.05, 0.1) is 5.69 Å². The number of hydrogen-bond donors (Lipinski definition) is 1. The predicted octanol–water partition coefficient (Wildman–Crippen LogP) is 1.82. The third-order valence-corrected chi connectivity index (χ3v) is 3.84. The molecule has 2 aromatic heterocycles. The van der Waals surface area contributed by atoms with Gasteiger partial charge >= 0.3 is 0 Å². The van der Waals surface area contributed by atoms with Crippen molar-refractivity contribution in [3.05, 3.63) is 29.3 Å². The third-order valence-electron chi connectivity index (χ3n) is 3.84. The Morgan fingerprint density at radius 3 is 2.71 bits per heavy atom. The molecule has 3 rings (SSSR count). The van der Waals surface area contributed by atoms with E-state index in [1.165, 1.54) is 0 Å². The van der Waals surface area contributed by atoms with Gasteiger partial charge in [-0.25, -0.2) is 9.97 Å². The molecule has 0 aromatic carbocycles. The first-order valence-corrected chi connectivity index (χ1v) is 7.16. The lowest BCUT2D eigenvalue weighted by molar-refractivity contribution is -0.127. The van der Waals surface area contributed by atoms with Gasteiger partial charge < -0.3 is 4.90 Å². The quantitative estimate of drug-likeness (QED) is 0.913. The highest BCUT2D eigenvalue weighted by Crippen LogP contribution is 2.26. The molecule has 0 spiro atoms. The van der Waals surface area contributed by atoms with Crippen LogP contribution in [0.3, 0.4) is 0 Å². The molecule has 1 atom stereocenters. The van der Waals surface area contributed by atoms with E-state index in [2.05, 4.69) is 20.2 Å². The van der Waals surface area contributed by atoms with Crippen LogP contribution in [0, 0.1) is 13.8 Å². The van der Waals surface area contributed by atoms with E-state index in [4.69, 9.17) is 0 Å². The fourth-order valence-electron chi connectivity index (χ4n) is 2.71. The van der Waals surface area contributed by atoms with Gasteiger partial charge in [-0.2, -0.15) is 5.10 Å². The smallest absolute Gasteiger partial charge is 0.219 e. The predicted molar refractivity (Wildman–Crippen MR) is 78.7 cm³/mol. The second-order valence-electron chi connectivity index (χ2n) is 5.64. The van der Waals surface area contributed by atoms with Crippen LogP contribution in [0.15, 0.2) is 12.1 Å². The summed E-state index contributed by atoms with van der Waals surface area (Å²) in [5.74, 6) is 1.15. The highest BCUT2D eigenvalue weighted by atomic mass is 16.2. The Bertz CT molecular complexity index is 678. The summed E-state index contributed by atoms with van der Waals surface area (Å²) < 4.78 is 0. The number of amides is 1. The van der Waals surface area contributed by atoms with Crippen molar-refractivity contribution < 1.29 is 4.79 Å². The Morgan fingerprint density at radius 2 is 2.10 bits per heavy atom. The van der Waals surface area contributed by atoms with Crippen molar-refractivity contribution in [3.63, 3.8) is 0 Å². The minimum Gasteiger partial charge on any atom is -0.342 e. The van der Waals surface area contributed by atoms with Crippen molar-refractivity contribution in [2.45, 2.75) is 33.1 Å². The van der Waals surface area contributed by atoms with E-state index in [0.29, 0.717) is 6.54 Å². The summed E-state index contributed by atoms with van der Waals surface area (Å²) >= 11 is 0. The molecular weight excluding hydrogens is 266 g/mol. The van der Waals surface area contributed by atoms with Gasteiger partial charge in [-0.3, -0.25) is 9.89 Å². The van der Waals surface area contributed by atoms with E-state index in [0.717, 1.165) is 41.6 Å². The van der Waals surface area contributed by atoms with Gasteiger partial charge in [-0.15, -0.1) is 0 Å². The van der Waals surface area contributed by atoms with Crippen LogP contribution in [0.25, 0.3) is 11.4 Å². The van der Waals surface area contributed by atoms with E-state index >= 15 is 0 Å². The van der Waals surface area contributed by atoms with Gasteiger partial charge in [0.15, 0.2) is 0 Å². The molecule has 3 heterocycles. The van der Waals surface area contributed by atoms with E-state index < -0.39 is 0 Å². The maximum atomic E-state index is 11.5. The molecule has 2 aromatic rings. The number of hydrogen-bond acceptors (Lipinski definition) is 4. The van der Waals surface area contributed by atoms with Gasteiger partial charge in [0.2, 0.25) is 5.91 Å². The van der Waals surface area contributed by atoms with E-state index in [1.54, 1.807) is 6.92 Å². The molecule has 0 radical (unpaired) electrons. The lowest BCUT2D eigenvalue weighted by atomic mass is 10.1. The summed E-state index contributed by atoms with van der Waals surface area (Å²) in [6, 6.07) is 3.92. The third kappa shape index (κ3) is 2.79. The van der Waals surface area contributed by atoms with Gasteiger partial charge in [-0.05, 0) is 32.4 Å². The summed E-state index contributed by atoms with van der Waals surface area (Å²) in [4.78, 5) is 22.5. The van der Waals surface area contributed by atoms with E-state index in [-0.39, 0.29) is 11.8 Å². The number of nitrogens with one attached hydrogen (secondary N) is 1. The van der Waals surface area contributed by atoms with Crippen LogP contribution in [0.1, 0.15) is 36.5 Å². The number of carbonyl (C=O) groups is 1. The Morgan fingerprint density at radius 1 is 1.29 bits per heavy atom. The highest BCUT2D eigenvalue weighted by molar-refractivity contribution is 5.73. The molecule has 21 heavy (non-hydrogen) atoms. The second kappa shape index (κ2) is 5.27. The van der Waals surface area contributed by atoms with Crippen LogP contribution < -0.4 is 0 Å². The number of carbonyl (C=O) groups excluding carboxylic acids is 1. The molecule has 110 valence electrons. The molecule has 1 saturated heterocycles. The summed E-state index contributed by atoms with van der Waals surface area (Å²) in [5, 5.41) is 7.19. The zero-order chi connectivity index (χ0) is 15.0. The van der Waals surface area contributed by atoms with Crippen molar-refractivity contribution in [1.82, 2.24) is 25.1 Å². The summed E-state index contributed by atoms with van der Waals surface area (Å²) in [7, 11) is 0. The van der Waals surface area contributed by atoms with Crippen LogP contribution >= 0.6 is 0 Å². The van der Waals surface area contributed by atoms with Gasteiger partial charge in [0.1, 0.15) is 11.5 Å². The molecular formula is C15H19N5O. The minimum absolute atomic E-state index is 0.119. The average molecular weight is 285 g/mol. The first-order chi connectivity index (χ1) is 10.0. The molecule has 1 unspecified atom stereocenters. The molecule has 1 amide bonds. The van der Waals surface area contributed by atoms with Crippen LogP contribution in [0.5, 0.6) is 0 Å². The minimum atomic E-state index is 0.119. The van der Waals surface area contributed by atoms with Crippen molar-refractivity contribution in [3.8, 4) is 11.4 Å². The standard InChI is InChI=1S/C15H19N5O/c1-9-6-13(14-7-10(2)18-19-14)17-15(16-9)12-4-5-20(8-12)11(3)21/h6-7,12H,4-5,8H2,1-3H3,(H,18,19). The topological polar surface area (TPSA) is 74.8 Å². The molecule has 0 saturated carbocycles. The summed E-state index contributed by atoms with van der Waals surface area (Å²) in [6.45, 7) is 7.03. The first-order valence-electron chi connectivity index (χ1n) is 7.16. The van der Waals surface area contributed by atoms with Gasteiger partial charge in [0.25, 0.3) is 0 Å². The second-order valence-corrected chi connectivity index (χ2v) is 5.64. The molecule has 1 aliphatic heterocycles. The molecule has 1 fully saturated rings. The molecule has 0 bridgehead atoms. The fraction of sp³-hybridized carbons (Fsp3) is 0.467. The van der Waals surface area contributed by atoms with Crippen molar-refractivity contribution in [2.75, 3.05) is 13.1 Å². The molecule has 6 nitrogen and oxygen atoms in total. The number of rotatable bonds is 2. The lowest BCUT2D eigenvalue weighted by Gasteiger charge is -2.13. The van der Waals surface area contributed by atoms with Crippen molar-refractivity contribution >= 4 is 5.91 Å². The monoisotopic (exact) mass is 285 g/mol. The Kier molecular flexibility index (Phi) is 3.45. The highest BCUT2D eigenvalue weighted by Gasteiger charge is 2.28. The Balaban J connectivity index is 1.90. The number of likely N-dealkylation sites (tertiary alicyclic amines) is 1. The van der Waals surface area contributed by atoms with E-state index in [9.17, 15) is 4.79 Å². The lowest BCUT2D eigenvalue weighted by Crippen LogP contribution is -2.25. The SMILES string of the molecule is CC(=O)N1CCC(c2nc(C)cc(-c3cc(C)[nH]n3)n2)C1. The Hall–Kier alpha value is -2.24. The van der Waals surface area contributed by atoms with Gasteiger partial charge in [0, 0.05) is 37.3 Å². The number of aryl methyl sites for hydroxylation is 2. The number of aromatic nitrogens is 4. The van der Waals surface area contributed by atoms with Crippen LogP contribution in [0.2, 0.25) is 0 Å². The first kappa shape index (κ1) is 13.7. The van der Waals surface area contributed by atoms with Crippen LogP contribution in [0.4, 0.5) is 0 Å².